The van der Waals surface area contributed by atoms with Crippen LogP contribution < -0.4 is 0 Å². The molecule has 0 saturated heterocycles. The minimum atomic E-state index is 0.171. The first-order chi connectivity index (χ1) is 9.86. The third-order valence-electron chi connectivity index (χ3n) is 3.53. The normalized spacial score (nSPS) is 12.5. The molecule has 21 heavy (non-hydrogen) atoms. The fourth-order valence-corrected chi connectivity index (χ4v) is 3.07. The molecule has 110 valence electrons. The van der Waals surface area contributed by atoms with E-state index in [1.807, 2.05) is 4.52 Å². The zero-order chi connectivity index (χ0) is 15.2. The summed E-state index contributed by atoms with van der Waals surface area (Å²) in [6.07, 6.45) is 0. The van der Waals surface area contributed by atoms with Crippen molar-refractivity contribution in [2.24, 2.45) is 0 Å². The van der Waals surface area contributed by atoms with Crippen LogP contribution >= 0.6 is 11.3 Å². The molecule has 0 fully saturated rings. The predicted molar refractivity (Wildman–Crippen MR) is 86.9 cm³/mol. The van der Waals surface area contributed by atoms with Gasteiger partial charge in [-0.2, -0.15) is 9.61 Å². The Bertz CT molecular complexity index is 760. The van der Waals surface area contributed by atoms with Crippen molar-refractivity contribution >= 4 is 16.3 Å². The number of benzene rings is 1. The second-order valence-electron chi connectivity index (χ2n) is 6.64. The molecule has 1 aromatic carbocycles. The molecule has 5 heteroatoms. The zero-order valence-corrected chi connectivity index (χ0v) is 13.9. The number of hydrogen-bond acceptors (Lipinski definition) is 4. The molecule has 0 unspecified atom stereocenters. The predicted octanol–water partition coefficient (Wildman–Crippen LogP) is 4.27. The SMILES string of the molecule is CC(C)c1nnc2sc(-c3ccc(C(C)(C)C)cc3)nn12. The number of hydrogen-bond donors (Lipinski definition) is 0. The first kappa shape index (κ1) is 14.2. The molecule has 0 aliphatic carbocycles. The van der Waals surface area contributed by atoms with Gasteiger partial charge in [-0.05, 0) is 11.0 Å². The highest BCUT2D eigenvalue weighted by molar-refractivity contribution is 7.19. The Labute approximate surface area is 128 Å². The van der Waals surface area contributed by atoms with Gasteiger partial charge in [-0.15, -0.1) is 10.2 Å². The summed E-state index contributed by atoms with van der Waals surface area (Å²) in [6.45, 7) is 10.9. The average Bonchev–Trinajstić information content (AvgIpc) is 2.96. The smallest absolute Gasteiger partial charge is 0.187 e. The van der Waals surface area contributed by atoms with Gasteiger partial charge in [-0.1, -0.05) is 70.2 Å². The maximum Gasteiger partial charge on any atom is 0.234 e. The average molecular weight is 300 g/mol. The molecule has 2 aromatic heterocycles. The van der Waals surface area contributed by atoms with Crippen LogP contribution in [0, 0.1) is 0 Å². The lowest BCUT2D eigenvalue weighted by Crippen LogP contribution is -2.10. The molecule has 0 bridgehead atoms. The van der Waals surface area contributed by atoms with Crippen molar-refractivity contribution in [1.82, 2.24) is 19.8 Å². The largest absolute Gasteiger partial charge is 0.234 e. The monoisotopic (exact) mass is 300 g/mol. The van der Waals surface area contributed by atoms with Gasteiger partial charge in [-0.3, -0.25) is 0 Å². The van der Waals surface area contributed by atoms with E-state index in [0.717, 1.165) is 21.4 Å². The molecule has 0 amide bonds. The highest BCUT2D eigenvalue weighted by atomic mass is 32.1. The minimum absolute atomic E-state index is 0.171. The van der Waals surface area contributed by atoms with Gasteiger partial charge in [0, 0.05) is 11.5 Å². The molecule has 0 saturated carbocycles. The van der Waals surface area contributed by atoms with E-state index in [2.05, 4.69) is 74.2 Å². The maximum absolute atomic E-state index is 4.67. The number of nitrogens with zero attached hydrogens (tertiary/aromatic N) is 4. The Kier molecular flexibility index (Phi) is 3.32. The van der Waals surface area contributed by atoms with Crippen molar-refractivity contribution in [3.63, 3.8) is 0 Å². The van der Waals surface area contributed by atoms with Gasteiger partial charge >= 0.3 is 0 Å². The molecule has 0 aliphatic rings. The molecular formula is C16H20N4S. The molecule has 0 radical (unpaired) electrons. The van der Waals surface area contributed by atoms with E-state index >= 15 is 0 Å². The van der Waals surface area contributed by atoms with Gasteiger partial charge in [0.2, 0.25) is 4.96 Å². The molecule has 2 heterocycles. The topological polar surface area (TPSA) is 43.1 Å². The van der Waals surface area contributed by atoms with E-state index in [0.29, 0.717) is 5.92 Å². The summed E-state index contributed by atoms with van der Waals surface area (Å²) in [5.41, 5.74) is 2.63. The van der Waals surface area contributed by atoms with Crippen LogP contribution in [0.1, 0.15) is 51.9 Å². The fraction of sp³-hybridized carbons (Fsp3) is 0.438. The summed E-state index contributed by atoms with van der Waals surface area (Å²) >= 11 is 1.58. The quantitative estimate of drug-likeness (QED) is 0.709. The number of fused-ring (bicyclic) bond motifs is 1. The lowest BCUT2D eigenvalue weighted by Gasteiger charge is -2.18. The summed E-state index contributed by atoms with van der Waals surface area (Å²) in [5, 5.41) is 14.1. The van der Waals surface area contributed by atoms with Crippen LogP contribution in [0.3, 0.4) is 0 Å². The van der Waals surface area contributed by atoms with E-state index < -0.39 is 0 Å². The Morgan fingerprint density at radius 3 is 2.29 bits per heavy atom. The fourth-order valence-electron chi connectivity index (χ4n) is 2.22. The van der Waals surface area contributed by atoms with E-state index in [1.165, 1.54) is 5.56 Å². The summed E-state index contributed by atoms with van der Waals surface area (Å²) < 4.78 is 1.86. The Hall–Kier alpha value is -1.75. The second kappa shape index (κ2) is 4.91. The van der Waals surface area contributed by atoms with E-state index in [9.17, 15) is 0 Å². The first-order valence-electron chi connectivity index (χ1n) is 7.19. The van der Waals surface area contributed by atoms with Crippen molar-refractivity contribution in [3.05, 3.63) is 35.7 Å². The van der Waals surface area contributed by atoms with Crippen LogP contribution in [-0.2, 0) is 5.41 Å². The summed E-state index contributed by atoms with van der Waals surface area (Å²) in [4.78, 5) is 0.855. The van der Waals surface area contributed by atoms with Crippen LogP contribution in [0.2, 0.25) is 0 Å². The van der Waals surface area contributed by atoms with Crippen molar-refractivity contribution in [3.8, 4) is 10.6 Å². The molecule has 0 aliphatic heterocycles. The van der Waals surface area contributed by atoms with Crippen LogP contribution in [0.5, 0.6) is 0 Å². The van der Waals surface area contributed by atoms with Crippen molar-refractivity contribution in [2.75, 3.05) is 0 Å². The third kappa shape index (κ3) is 2.58. The van der Waals surface area contributed by atoms with Gasteiger partial charge in [0.15, 0.2) is 5.82 Å². The number of rotatable bonds is 2. The summed E-state index contributed by atoms with van der Waals surface area (Å²) in [5.74, 6) is 1.23. The molecule has 0 spiro atoms. The Morgan fingerprint density at radius 1 is 1.05 bits per heavy atom. The molecular weight excluding hydrogens is 280 g/mol. The van der Waals surface area contributed by atoms with Gasteiger partial charge in [0.25, 0.3) is 0 Å². The molecule has 4 nitrogen and oxygen atoms in total. The van der Waals surface area contributed by atoms with Crippen molar-refractivity contribution < 1.29 is 0 Å². The third-order valence-corrected chi connectivity index (χ3v) is 4.48. The highest BCUT2D eigenvalue weighted by Crippen LogP contribution is 2.29. The molecule has 3 aromatic rings. The van der Waals surface area contributed by atoms with Gasteiger partial charge in [-0.25, -0.2) is 0 Å². The van der Waals surface area contributed by atoms with Crippen LogP contribution in [0.25, 0.3) is 15.5 Å². The van der Waals surface area contributed by atoms with Crippen LogP contribution in [-0.4, -0.2) is 19.8 Å². The van der Waals surface area contributed by atoms with E-state index in [4.69, 9.17) is 0 Å². The van der Waals surface area contributed by atoms with Crippen LogP contribution in [0.15, 0.2) is 24.3 Å². The lowest BCUT2D eigenvalue weighted by atomic mass is 9.87. The number of aromatic nitrogens is 4. The summed E-state index contributed by atoms with van der Waals surface area (Å²) in [7, 11) is 0. The second-order valence-corrected chi connectivity index (χ2v) is 7.60. The van der Waals surface area contributed by atoms with Crippen molar-refractivity contribution in [1.29, 1.82) is 0 Å². The van der Waals surface area contributed by atoms with Gasteiger partial charge in [0.05, 0.1) is 0 Å². The first-order valence-corrected chi connectivity index (χ1v) is 8.01. The molecule has 3 rings (SSSR count). The van der Waals surface area contributed by atoms with Gasteiger partial charge < -0.3 is 0 Å². The zero-order valence-electron chi connectivity index (χ0n) is 13.1. The van der Waals surface area contributed by atoms with Gasteiger partial charge in [0.1, 0.15) is 5.01 Å². The molecule has 0 atom stereocenters. The summed E-state index contributed by atoms with van der Waals surface area (Å²) in [6, 6.07) is 8.64. The van der Waals surface area contributed by atoms with Crippen LogP contribution in [0.4, 0.5) is 0 Å². The standard InChI is InChI=1S/C16H20N4S/c1-10(2)13-17-18-15-20(13)19-14(21-15)11-6-8-12(9-7-11)16(3,4)5/h6-10H,1-5H3. The lowest BCUT2D eigenvalue weighted by molar-refractivity contribution is 0.590. The Balaban J connectivity index is 2.00. The Morgan fingerprint density at radius 2 is 1.71 bits per heavy atom. The van der Waals surface area contributed by atoms with E-state index in [1.54, 1.807) is 11.3 Å². The minimum Gasteiger partial charge on any atom is -0.187 e. The van der Waals surface area contributed by atoms with Crippen molar-refractivity contribution in [2.45, 2.75) is 46.0 Å². The molecule has 0 N–H and O–H groups in total. The highest BCUT2D eigenvalue weighted by Gasteiger charge is 2.16. The van der Waals surface area contributed by atoms with E-state index in [-0.39, 0.29) is 5.41 Å². The maximum atomic E-state index is 4.67.